The lowest BCUT2D eigenvalue weighted by Crippen LogP contribution is -2.18. The highest BCUT2D eigenvalue weighted by atomic mass is 32.2. The van der Waals surface area contributed by atoms with Gasteiger partial charge in [0.15, 0.2) is 11.5 Å². The first-order chi connectivity index (χ1) is 9.77. The van der Waals surface area contributed by atoms with Crippen molar-refractivity contribution in [2.24, 2.45) is 0 Å². The van der Waals surface area contributed by atoms with Crippen LogP contribution in [0.5, 0.6) is 0 Å². The lowest BCUT2D eigenvalue weighted by molar-refractivity contribution is -0.136. The number of fused-ring (bicyclic) bond motifs is 1. The molecule has 0 bridgehead atoms. The lowest BCUT2D eigenvalue weighted by atomic mass is 10.2. The van der Waals surface area contributed by atoms with E-state index >= 15 is 0 Å². The van der Waals surface area contributed by atoms with Gasteiger partial charge in [-0.25, -0.2) is 13.4 Å². The van der Waals surface area contributed by atoms with Crippen molar-refractivity contribution in [1.29, 1.82) is 0 Å². The number of benzene rings is 1. The Labute approximate surface area is 122 Å². The molecule has 1 aromatic carbocycles. The quantitative estimate of drug-likeness (QED) is 0.846. The number of aromatic nitrogens is 1. The van der Waals surface area contributed by atoms with Crippen LogP contribution in [-0.2, 0) is 14.8 Å². The summed E-state index contributed by atoms with van der Waals surface area (Å²) >= 11 is 0. The van der Waals surface area contributed by atoms with Crippen LogP contribution >= 0.6 is 0 Å². The van der Waals surface area contributed by atoms with Crippen molar-refractivity contribution in [1.82, 2.24) is 4.98 Å². The number of carboxylic acid groups (broad SMARTS) is 1. The highest BCUT2D eigenvalue weighted by Crippen LogP contribution is 2.24. The van der Waals surface area contributed by atoms with E-state index in [-0.39, 0.29) is 5.92 Å². The van der Waals surface area contributed by atoms with Crippen LogP contribution in [-0.4, -0.2) is 30.2 Å². The zero-order valence-electron chi connectivity index (χ0n) is 11.7. The van der Waals surface area contributed by atoms with Crippen LogP contribution in [0, 0.1) is 0 Å². The SMILES string of the molecule is CC(C)c1nc2cc(NS(=O)(=O)CCC(=O)O)ccc2o1. The molecule has 0 saturated heterocycles. The Morgan fingerprint density at radius 3 is 2.76 bits per heavy atom. The van der Waals surface area contributed by atoms with E-state index in [1.165, 1.54) is 0 Å². The van der Waals surface area contributed by atoms with E-state index in [2.05, 4.69) is 9.71 Å². The summed E-state index contributed by atoms with van der Waals surface area (Å²) in [7, 11) is -3.70. The van der Waals surface area contributed by atoms with Crippen molar-refractivity contribution in [2.45, 2.75) is 26.2 Å². The Balaban J connectivity index is 2.21. The molecule has 0 unspecified atom stereocenters. The predicted octanol–water partition coefficient (Wildman–Crippen LogP) is 2.17. The summed E-state index contributed by atoms with van der Waals surface area (Å²) in [6, 6.07) is 4.74. The van der Waals surface area contributed by atoms with Crippen molar-refractivity contribution in [3.05, 3.63) is 24.1 Å². The van der Waals surface area contributed by atoms with Crippen molar-refractivity contribution in [2.75, 3.05) is 10.5 Å². The van der Waals surface area contributed by atoms with Crippen molar-refractivity contribution < 1.29 is 22.7 Å². The number of carboxylic acids is 1. The molecule has 7 nitrogen and oxygen atoms in total. The fourth-order valence-electron chi connectivity index (χ4n) is 1.71. The van der Waals surface area contributed by atoms with E-state index in [4.69, 9.17) is 9.52 Å². The first kappa shape index (κ1) is 15.3. The molecule has 0 radical (unpaired) electrons. The molecular weight excluding hydrogens is 296 g/mol. The van der Waals surface area contributed by atoms with Crippen molar-refractivity contribution in [3.8, 4) is 0 Å². The predicted molar refractivity (Wildman–Crippen MR) is 77.8 cm³/mol. The Bertz CT molecular complexity index is 764. The number of hydrogen-bond donors (Lipinski definition) is 2. The third-order valence-electron chi connectivity index (χ3n) is 2.76. The Morgan fingerprint density at radius 1 is 1.43 bits per heavy atom. The van der Waals surface area contributed by atoms with Gasteiger partial charge in [0, 0.05) is 5.92 Å². The molecule has 0 aliphatic heterocycles. The molecule has 114 valence electrons. The molecule has 2 N–H and O–H groups in total. The van der Waals surface area contributed by atoms with Gasteiger partial charge in [-0.15, -0.1) is 0 Å². The average molecular weight is 312 g/mol. The van der Waals surface area contributed by atoms with Gasteiger partial charge in [0.25, 0.3) is 0 Å². The minimum atomic E-state index is -3.70. The van der Waals surface area contributed by atoms with Gasteiger partial charge in [0.1, 0.15) is 5.52 Å². The van der Waals surface area contributed by atoms with Gasteiger partial charge in [0.05, 0.1) is 17.9 Å². The second-order valence-corrected chi connectivity index (χ2v) is 6.80. The summed E-state index contributed by atoms with van der Waals surface area (Å²) < 4.78 is 31.3. The van der Waals surface area contributed by atoms with Crippen LogP contribution in [0.2, 0.25) is 0 Å². The Morgan fingerprint density at radius 2 is 2.14 bits per heavy atom. The number of oxazole rings is 1. The van der Waals surface area contributed by atoms with E-state index in [1.807, 2.05) is 13.8 Å². The van der Waals surface area contributed by atoms with Gasteiger partial charge in [-0.05, 0) is 18.2 Å². The number of rotatable bonds is 6. The fraction of sp³-hybridized carbons (Fsp3) is 0.385. The smallest absolute Gasteiger partial charge is 0.304 e. The standard InChI is InChI=1S/C13H16N2O5S/c1-8(2)13-14-10-7-9(3-4-11(10)20-13)15-21(18,19)6-5-12(16)17/h3-4,7-8,15H,5-6H2,1-2H3,(H,16,17). The first-order valence-electron chi connectivity index (χ1n) is 6.39. The Hall–Kier alpha value is -2.09. The van der Waals surface area contributed by atoms with Crippen LogP contribution < -0.4 is 4.72 Å². The van der Waals surface area contributed by atoms with Gasteiger partial charge < -0.3 is 9.52 Å². The number of anilines is 1. The third-order valence-corrected chi connectivity index (χ3v) is 4.04. The zero-order valence-corrected chi connectivity index (χ0v) is 12.5. The van der Waals surface area contributed by atoms with Crippen LogP contribution in [0.3, 0.4) is 0 Å². The molecule has 8 heteroatoms. The maximum Gasteiger partial charge on any atom is 0.304 e. The van der Waals surface area contributed by atoms with Crippen LogP contribution in [0.25, 0.3) is 11.1 Å². The molecule has 0 atom stereocenters. The molecule has 0 amide bonds. The van der Waals surface area contributed by atoms with E-state index < -0.39 is 28.2 Å². The van der Waals surface area contributed by atoms with Crippen LogP contribution in [0.1, 0.15) is 32.1 Å². The van der Waals surface area contributed by atoms with Gasteiger partial charge in [0.2, 0.25) is 10.0 Å². The number of carbonyl (C=O) groups is 1. The van der Waals surface area contributed by atoms with Gasteiger partial charge in [-0.2, -0.15) is 0 Å². The maximum atomic E-state index is 11.7. The molecule has 1 aromatic heterocycles. The summed E-state index contributed by atoms with van der Waals surface area (Å²) in [6.07, 6.45) is -0.445. The molecule has 1 heterocycles. The molecule has 21 heavy (non-hydrogen) atoms. The van der Waals surface area contributed by atoms with Crippen LogP contribution in [0.15, 0.2) is 22.6 Å². The second-order valence-electron chi connectivity index (χ2n) is 4.95. The highest BCUT2D eigenvalue weighted by molar-refractivity contribution is 7.92. The molecule has 0 aliphatic rings. The summed E-state index contributed by atoms with van der Waals surface area (Å²) in [5, 5.41) is 8.52. The normalized spacial score (nSPS) is 12.0. The lowest BCUT2D eigenvalue weighted by Gasteiger charge is -2.06. The number of aliphatic carboxylic acids is 1. The second kappa shape index (κ2) is 5.72. The molecule has 0 spiro atoms. The van der Waals surface area contributed by atoms with Crippen molar-refractivity contribution >= 4 is 32.8 Å². The number of nitrogens with one attached hydrogen (secondary N) is 1. The van der Waals surface area contributed by atoms with Gasteiger partial charge >= 0.3 is 5.97 Å². The molecule has 2 aromatic rings. The van der Waals surface area contributed by atoms with Gasteiger partial charge in [-0.1, -0.05) is 13.8 Å². The minimum Gasteiger partial charge on any atom is -0.481 e. The van der Waals surface area contributed by atoms with E-state index in [1.54, 1.807) is 18.2 Å². The maximum absolute atomic E-state index is 11.7. The fourth-order valence-corrected chi connectivity index (χ4v) is 2.74. The topological polar surface area (TPSA) is 110 Å². The minimum absolute atomic E-state index is 0.133. The first-order valence-corrected chi connectivity index (χ1v) is 8.05. The number of nitrogens with zero attached hydrogens (tertiary/aromatic N) is 1. The number of hydrogen-bond acceptors (Lipinski definition) is 5. The molecule has 0 aliphatic carbocycles. The Kier molecular flexibility index (Phi) is 4.17. The zero-order chi connectivity index (χ0) is 15.6. The highest BCUT2D eigenvalue weighted by Gasteiger charge is 2.14. The summed E-state index contributed by atoms with van der Waals surface area (Å²) in [6.45, 7) is 3.89. The molecule has 0 saturated carbocycles. The summed E-state index contributed by atoms with van der Waals surface area (Å²) in [5.74, 6) is -0.922. The summed E-state index contributed by atoms with van der Waals surface area (Å²) in [4.78, 5) is 14.7. The van der Waals surface area contributed by atoms with E-state index in [0.29, 0.717) is 22.7 Å². The van der Waals surface area contributed by atoms with Gasteiger partial charge in [-0.3, -0.25) is 9.52 Å². The average Bonchev–Trinajstić information content (AvgIpc) is 2.79. The molecule has 0 fully saturated rings. The summed E-state index contributed by atoms with van der Waals surface area (Å²) in [5.41, 5.74) is 1.46. The van der Waals surface area contributed by atoms with E-state index in [0.717, 1.165) is 0 Å². The monoisotopic (exact) mass is 312 g/mol. The molecule has 2 rings (SSSR count). The van der Waals surface area contributed by atoms with Crippen molar-refractivity contribution in [3.63, 3.8) is 0 Å². The number of sulfonamides is 1. The largest absolute Gasteiger partial charge is 0.481 e. The van der Waals surface area contributed by atoms with E-state index in [9.17, 15) is 13.2 Å². The molecular formula is C13H16N2O5S. The third kappa shape index (κ3) is 3.94. The van der Waals surface area contributed by atoms with Crippen LogP contribution in [0.4, 0.5) is 5.69 Å².